The lowest BCUT2D eigenvalue weighted by molar-refractivity contribution is 0.308. The van der Waals surface area contributed by atoms with Gasteiger partial charge in [0.25, 0.3) is 0 Å². The van der Waals surface area contributed by atoms with Crippen LogP contribution in [0.1, 0.15) is 61.8 Å². The van der Waals surface area contributed by atoms with E-state index in [1.807, 2.05) is 0 Å². The minimum atomic E-state index is 1.02. The number of hydrogen-bond donors (Lipinski definition) is 0. The fourth-order valence-corrected chi connectivity index (χ4v) is 2.73. The Balaban J connectivity index is 0.000000180. The maximum atomic E-state index is 2.37. The Labute approximate surface area is 150 Å². The molecule has 1 saturated carbocycles. The van der Waals surface area contributed by atoms with Crippen LogP contribution in [0.4, 0.5) is 0 Å². The Bertz CT molecular complexity index is 505. The molecular weight excluding hydrogens is 288 g/mol. The van der Waals surface area contributed by atoms with Crippen molar-refractivity contribution in [3.63, 3.8) is 0 Å². The van der Waals surface area contributed by atoms with Crippen LogP contribution in [-0.2, 0) is 0 Å². The van der Waals surface area contributed by atoms with Gasteiger partial charge in [0.1, 0.15) is 0 Å². The molecule has 0 unspecified atom stereocenters. The highest BCUT2D eigenvalue weighted by Gasteiger charge is 2.13. The van der Waals surface area contributed by atoms with Crippen molar-refractivity contribution in [1.82, 2.24) is 0 Å². The summed E-state index contributed by atoms with van der Waals surface area (Å²) < 4.78 is 0. The van der Waals surface area contributed by atoms with E-state index < -0.39 is 0 Å². The molecule has 0 aromatic heterocycles. The molecule has 1 fully saturated rings. The Morgan fingerprint density at radius 2 is 0.833 bits per heavy atom. The first kappa shape index (κ1) is 20.5. The minimum absolute atomic E-state index is 1.02. The van der Waals surface area contributed by atoms with Crippen molar-refractivity contribution in [2.45, 2.75) is 67.2 Å². The van der Waals surface area contributed by atoms with Crippen LogP contribution in [0.25, 0.3) is 0 Å². The third-order valence-corrected chi connectivity index (χ3v) is 4.95. The molecule has 132 valence electrons. The van der Waals surface area contributed by atoms with Crippen molar-refractivity contribution in [1.29, 1.82) is 0 Å². The zero-order valence-corrected chi connectivity index (χ0v) is 16.6. The van der Waals surface area contributed by atoms with Crippen molar-refractivity contribution < 1.29 is 0 Å². The number of aryl methyl sites for hydroxylation is 4. The second kappa shape index (κ2) is 11.1. The van der Waals surface area contributed by atoms with E-state index in [2.05, 4.69) is 90.1 Å². The first-order valence-corrected chi connectivity index (χ1v) is 9.44. The van der Waals surface area contributed by atoms with Gasteiger partial charge in [0.15, 0.2) is 0 Å². The van der Waals surface area contributed by atoms with Crippen LogP contribution in [0, 0.1) is 39.5 Å². The van der Waals surface area contributed by atoms with Crippen LogP contribution < -0.4 is 0 Å². The zero-order valence-electron chi connectivity index (χ0n) is 16.6. The van der Waals surface area contributed by atoms with Crippen molar-refractivity contribution in [2.75, 3.05) is 0 Å². The lowest BCUT2D eigenvalue weighted by Crippen LogP contribution is -2.08. The molecule has 0 heterocycles. The van der Waals surface area contributed by atoms with Crippen LogP contribution in [-0.4, -0.2) is 0 Å². The molecule has 1 aliphatic carbocycles. The lowest BCUT2D eigenvalue weighted by atomic mass is 9.84. The Hall–Kier alpha value is -1.56. The molecule has 2 aromatic rings. The molecule has 24 heavy (non-hydrogen) atoms. The first-order chi connectivity index (χ1) is 11.4. The standard InChI is InChI=1S/C8H16.2C8H10/c2*1-7-3-5-8(2)6-4-7;1-7-5-3-4-6-8(7)2/h7-8H,3-6H2,1-2H3;2*3-6H,1-2H3. The van der Waals surface area contributed by atoms with E-state index in [1.54, 1.807) is 0 Å². The topological polar surface area (TPSA) is 0 Å². The number of benzene rings is 2. The highest BCUT2D eigenvalue weighted by Crippen LogP contribution is 2.27. The lowest BCUT2D eigenvalue weighted by Gasteiger charge is -2.22. The van der Waals surface area contributed by atoms with Gasteiger partial charge in [0.2, 0.25) is 0 Å². The summed E-state index contributed by atoms with van der Waals surface area (Å²) in [7, 11) is 0. The average molecular weight is 325 g/mol. The molecule has 0 N–H and O–H groups in total. The molecule has 0 heteroatoms. The molecule has 0 bridgehead atoms. The van der Waals surface area contributed by atoms with Gasteiger partial charge >= 0.3 is 0 Å². The number of rotatable bonds is 0. The van der Waals surface area contributed by atoms with Gasteiger partial charge in [-0.15, -0.1) is 0 Å². The van der Waals surface area contributed by atoms with Crippen LogP contribution in [0.3, 0.4) is 0 Å². The van der Waals surface area contributed by atoms with Gasteiger partial charge in [-0.2, -0.15) is 0 Å². The molecular formula is C24H36. The van der Waals surface area contributed by atoms with Crippen LogP contribution in [0.2, 0.25) is 0 Å². The zero-order chi connectivity index (χ0) is 17.9. The summed E-state index contributed by atoms with van der Waals surface area (Å²) in [5.41, 5.74) is 5.39. The molecule has 0 nitrogen and oxygen atoms in total. The summed E-state index contributed by atoms with van der Waals surface area (Å²) in [4.78, 5) is 0. The van der Waals surface area contributed by atoms with E-state index in [4.69, 9.17) is 0 Å². The second-order valence-corrected chi connectivity index (χ2v) is 7.60. The van der Waals surface area contributed by atoms with E-state index in [-0.39, 0.29) is 0 Å². The fourth-order valence-electron chi connectivity index (χ4n) is 2.73. The van der Waals surface area contributed by atoms with E-state index in [0.717, 1.165) is 11.8 Å². The molecule has 1 aliphatic rings. The van der Waals surface area contributed by atoms with Crippen molar-refractivity contribution in [3.05, 3.63) is 70.8 Å². The van der Waals surface area contributed by atoms with Gasteiger partial charge in [0, 0.05) is 0 Å². The maximum Gasteiger partial charge on any atom is -0.0395 e. The average Bonchev–Trinajstić information content (AvgIpc) is 2.57. The highest BCUT2D eigenvalue weighted by molar-refractivity contribution is 5.23. The molecule has 3 rings (SSSR count). The number of hydrogen-bond acceptors (Lipinski definition) is 0. The van der Waals surface area contributed by atoms with Gasteiger partial charge in [-0.25, -0.2) is 0 Å². The van der Waals surface area contributed by atoms with E-state index in [0.29, 0.717) is 0 Å². The molecule has 2 aromatic carbocycles. The molecule has 0 spiro atoms. The minimum Gasteiger partial charge on any atom is -0.0625 e. The SMILES string of the molecule is CC1CCC(C)CC1.Cc1ccc(C)cc1.Cc1ccccc1C. The largest absolute Gasteiger partial charge is 0.0625 e. The van der Waals surface area contributed by atoms with Crippen molar-refractivity contribution in [3.8, 4) is 0 Å². The predicted molar refractivity (Wildman–Crippen MR) is 109 cm³/mol. The van der Waals surface area contributed by atoms with E-state index >= 15 is 0 Å². The van der Waals surface area contributed by atoms with Gasteiger partial charge in [-0.05, 0) is 50.7 Å². The summed E-state index contributed by atoms with van der Waals surface area (Å²) >= 11 is 0. The summed E-state index contributed by atoms with van der Waals surface area (Å²) in [6, 6.07) is 16.8. The van der Waals surface area contributed by atoms with Crippen LogP contribution >= 0.6 is 0 Å². The van der Waals surface area contributed by atoms with E-state index in [1.165, 1.54) is 47.9 Å². The summed E-state index contributed by atoms with van der Waals surface area (Å²) in [6.07, 6.45) is 5.89. The quantitative estimate of drug-likeness (QED) is 0.472. The fraction of sp³-hybridized carbons (Fsp3) is 0.500. The maximum absolute atomic E-state index is 2.37. The van der Waals surface area contributed by atoms with Gasteiger partial charge in [-0.1, -0.05) is 99.2 Å². The normalized spacial score (nSPS) is 19.4. The third kappa shape index (κ3) is 8.91. The molecule has 0 atom stereocenters. The van der Waals surface area contributed by atoms with E-state index in [9.17, 15) is 0 Å². The molecule has 0 radical (unpaired) electrons. The van der Waals surface area contributed by atoms with Crippen LogP contribution in [0.5, 0.6) is 0 Å². The summed E-state index contributed by atoms with van der Waals surface area (Å²) in [5.74, 6) is 2.04. The Morgan fingerprint density at radius 1 is 0.542 bits per heavy atom. The third-order valence-electron chi connectivity index (χ3n) is 4.95. The monoisotopic (exact) mass is 324 g/mol. The predicted octanol–water partition coefficient (Wildman–Crippen LogP) is 7.44. The van der Waals surface area contributed by atoms with Crippen molar-refractivity contribution >= 4 is 0 Å². The first-order valence-electron chi connectivity index (χ1n) is 9.44. The molecule has 0 amide bonds. The second-order valence-electron chi connectivity index (χ2n) is 7.60. The summed E-state index contributed by atoms with van der Waals surface area (Å²) in [6.45, 7) is 13.2. The van der Waals surface area contributed by atoms with Gasteiger partial charge in [-0.3, -0.25) is 0 Å². The Morgan fingerprint density at radius 3 is 1.08 bits per heavy atom. The Kier molecular flexibility index (Phi) is 9.45. The summed E-state index contributed by atoms with van der Waals surface area (Å²) in [5, 5.41) is 0. The van der Waals surface area contributed by atoms with Crippen LogP contribution in [0.15, 0.2) is 48.5 Å². The highest BCUT2D eigenvalue weighted by atomic mass is 14.2. The smallest absolute Gasteiger partial charge is 0.0395 e. The van der Waals surface area contributed by atoms with Gasteiger partial charge < -0.3 is 0 Å². The molecule has 0 saturated heterocycles. The van der Waals surface area contributed by atoms with Gasteiger partial charge in [0.05, 0.1) is 0 Å². The van der Waals surface area contributed by atoms with Crippen molar-refractivity contribution in [2.24, 2.45) is 11.8 Å². The molecule has 0 aliphatic heterocycles.